The molecule has 1 aromatic heterocycles. The Kier molecular flexibility index (Phi) is 6.16. The smallest absolute Gasteiger partial charge is 0.227 e. The van der Waals surface area contributed by atoms with Crippen molar-refractivity contribution in [3.05, 3.63) is 46.1 Å². The second kappa shape index (κ2) is 8.56. The molecule has 1 aromatic carbocycles. The number of carbonyl (C=O) groups is 1. The lowest BCUT2D eigenvalue weighted by atomic mass is 10.1. The first-order valence-corrected chi connectivity index (χ1v) is 9.30. The van der Waals surface area contributed by atoms with Crippen LogP contribution in [0.2, 0.25) is 10.0 Å². The maximum absolute atomic E-state index is 11.4. The minimum atomic E-state index is 0.113. The summed E-state index contributed by atoms with van der Waals surface area (Å²) >= 11 is 12.1. The quantitative estimate of drug-likeness (QED) is 0.845. The average Bonchev–Trinajstić information content (AvgIpc) is 2.64. The summed E-state index contributed by atoms with van der Waals surface area (Å²) in [5, 5.41) is 4.62. The standard InChI is InChI=1S/C18H21Cl2N5O/c1-13(26)24-8-10-25(11-9-24)18-22-7-5-17(23-18)21-6-4-14-2-3-15(19)12-16(14)20/h2-3,5,7,12H,4,6,8-11H2,1H3,(H,21,22,23). The highest BCUT2D eigenvalue weighted by Crippen LogP contribution is 2.21. The maximum atomic E-state index is 11.4. The van der Waals surface area contributed by atoms with Gasteiger partial charge in [0.1, 0.15) is 5.82 Å². The SMILES string of the molecule is CC(=O)N1CCN(c2nccc(NCCc3ccc(Cl)cc3Cl)n2)CC1. The van der Waals surface area contributed by atoms with E-state index in [-0.39, 0.29) is 5.91 Å². The summed E-state index contributed by atoms with van der Waals surface area (Å²) < 4.78 is 0. The Morgan fingerprint density at radius 3 is 2.65 bits per heavy atom. The molecule has 2 heterocycles. The second-order valence-corrected chi connectivity index (χ2v) is 6.99. The van der Waals surface area contributed by atoms with Gasteiger partial charge in [-0.3, -0.25) is 4.79 Å². The Bertz CT molecular complexity index is 778. The molecule has 0 bridgehead atoms. The largest absolute Gasteiger partial charge is 0.370 e. The van der Waals surface area contributed by atoms with E-state index in [0.717, 1.165) is 30.9 Å². The van der Waals surface area contributed by atoms with Gasteiger partial charge >= 0.3 is 0 Å². The second-order valence-electron chi connectivity index (χ2n) is 6.15. The van der Waals surface area contributed by atoms with Crippen LogP contribution < -0.4 is 10.2 Å². The van der Waals surface area contributed by atoms with Gasteiger partial charge in [-0.05, 0) is 30.2 Å². The van der Waals surface area contributed by atoms with Crippen molar-refractivity contribution in [1.29, 1.82) is 0 Å². The molecule has 1 fully saturated rings. The Hall–Kier alpha value is -2.05. The molecule has 0 unspecified atom stereocenters. The molecule has 0 radical (unpaired) electrons. The van der Waals surface area contributed by atoms with Gasteiger partial charge < -0.3 is 15.1 Å². The average molecular weight is 394 g/mol. The Labute approximate surface area is 163 Å². The van der Waals surface area contributed by atoms with Gasteiger partial charge in [0.15, 0.2) is 0 Å². The van der Waals surface area contributed by atoms with Gasteiger partial charge in [0.2, 0.25) is 11.9 Å². The minimum absolute atomic E-state index is 0.113. The van der Waals surface area contributed by atoms with E-state index >= 15 is 0 Å². The molecule has 1 amide bonds. The highest BCUT2D eigenvalue weighted by Gasteiger charge is 2.20. The first kappa shape index (κ1) is 18.7. The van der Waals surface area contributed by atoms with Gasteiger partial charge in [0, 0.05) is 55.9 Å². The third kappa shape index (κ3) is 4.77. The van der Waals surface area contributed by atoms with E-state index in [1.165, 1.54) is 0 Å². The number of piperazine rings is 1. The van der Waals surface area contributed by atoms with Gasteiger partial charge in [-0.2, -0.15) is 4.98 Å². The van der Waals surface area contributed by atoms with Crippen molar-refractivity contribution in [2.75, 3.05) is 42.9 Å². The number of halogens is 2. The molecule has 0 spiro atoms. The molecule has 138 valence electrons. The molecule has 1 N–H and O–H groups in total. The third-order valence-electron chi connectivity index (χ3n) is 4.37. The van der Waals surface area contributed by atoms with Gasteiger partial charge in [0.25, 0.3) is 0 Å². The van der Waals surface area contributed by atoms with E-state index in [1.54, 1.807) is 19.2 Å². The van der Waals surface area contributed by atoms with E-state index in [0.29, 0.717) is 35.6 Å². The summed E-state index contributed by atoms with van der Waals surface area (Å²) in [4.78, 5) is 24.3. The van der Waals surface area contributed by atoms with Crippen LogP contribution in [0.25, 0.3) is 0 Å². The monoisotopic (exact) mass is 393 g/mol. The van der Waals surface area contributed by atoms with Crippen LogP contribution in [0.15, 0.2) is 30.5 Å². The van der Waals surface area contributed by atoms with Gasteiger partial charge in [-0.25, -0.2) is 4.98 Å². The molecule has 0 atom stereocenters. The number of nitrogens with zero attached hydrogens (tertiary/aromatic N) is 4. The summed E-state index contributed by atoms with van der Waals surface area (Å²) in [6, 6.07) is 7.37. The van der Waals surface area contributed by atoms with E-state index in [9.17, 15) is 4.79 Å². The van der Waals surface area contributed by atoms with Crippen molar-refractivity contribution in [3.63, 3.8) is 0 Å². The number of anilines is 2. The fraction of sp³-hybridized carbons (Fsp3) is 0.389. The lowest BCUT2D eigenvalue weighted by Gasteiger charge is -2.34. The van der Waals surface area contributed by atoms with Crippen molar-refractivity contribution in [2.24, 2.45) is 0 Å². The molecule has 1 saturated heterocycles. The summed E-state index contributed by atoms with van der Waals surface area (Å²) in [5.41, 5.74) is 1.04. The third-order valence-corrected chi connectivity index (χ3v) is 4.95. The highest BCUT2D eigenvalue weighted by molar-refractivity contribution is 6.35. The van der Waals surface area contributed by atoms with Crippen molar-refractivity contribution in [1.82, 2.24) is 14.9 Å². The molecule has 0 saturated carbocycles. The molecular formula is C18H21Cl2N5O. The number of hydrogen-bond donors (Lipinski definition) is 1. The summed E-state index contributed by atoms with van der Waals surface area (Å²) in [6.07, 6.45) is 2.52. The lowest BCUT2D eigenvalue weighted by molar-refractivity contribution is -0.129. The number of carbonyl (C=O) groups excluding carboxylic acids is 1. The topological polar surface area (TPSA) is 61.4 Å². The fourth-order valence-electron chi connectivity index (χ4n) is 2.87. The zero-order chi connectivity index (χ0) is 18.5. The van der Waals surface area contributed by atoms with E-state index in [4.69, 9.17) is 23.2 Å². The molecule has 1 aliphatic heterocycles. The zero-order valence-electron chi connectivity index (χ0n) is 14.6. The first-order valence-electron chi connectivity index (χ1n) is 8.54. The van der Waals surface area contributed by atoms with Crippen LogP contribution in [-0.4, -0.2) is 53.5 Å². The van der Waals surface area contributed by atoms with Crippen LogP contribution in [0.4, 0.5) is 11.8 Å². The van der Waals surface area contributed by atoms with Gasteiger partial charge in [-0.15, -0.1) is 0 Å². The molecule has 8 heteroatoms. The zero-order valence-corrected chi connectivity index (χ0v) is 16.1. The van der Waals surface area contributed by atoms with Crippen molar-refractivity contribution in [3.8, 4) is 0 Å². The summed E-state index contributed by atoms with van der Waals surface area (Å²) in [7, 11) is 0. The number of hydrogen-bond acceptors (Lipinski definition) is 5. The molecular weight excluding hydrogens is 373 g/mol. The molecule has 26 heavy (non-hydrogen) atoms. The van der Waals surface area contributed by atoms with Crippen LogP contribution in [-0.2, 0) is 11.2 Å². The predicted octanol–water partition coefficient (Wildman–Crippen LogP) is 3.11. The van der Waals surface area contributed by atoms with Crippen LogP contribution >= 0.6 is 23.2 Å². The normalized spacial score (nSPS) is 14.4. The Morgan fingerprint density at radius 2 is 1.96 bits per heavy atom. The van der Waals surface area contributed by atoms with E-state index < -0.39 is 0 Å². The van der Waals surface area contributed by atoms with E-state index in [2.05, 4.69) is 20.2 Å². The maximum Gasteiger partial charge on any atom is 0.227 e. The predicted molar refractivity (Wildman–Crippen MR) is 105 cm³/mol. The van der Waals surface area contributed by atoms with Gasteiger partial charge in [0.05, 0.1) is 0 Å². The van der Waals surface area contributed by atoms with Crippen LogP contribution in [0.5, 0.6) is 0 Å². The van der Waals surface area contributed by atoms with Crippen LogP contribution in [0.1, 0.15) is 12.5 Å². The van der Waals surface area contributed by atoms with E-state index in [1.807, 2.05) is 23.1 Å². The van der Waals surface area contributed by atoms with Crippen molar-refractivity contribution >= 4 is 40.9 Å². The highest BCUT2D eigenvalue weighted by atomic mass is 35.5. The number of rotatable bonds is 5. The lowest BCUT2D eigenvalue weighted by Crippen LogP contribution is -2.48. The number of aromatic nitrogens is 2. The Morgan fingerprint density at radius 1 is 1.19 bits per heavy atom. The number of benzene rings is 1. The molecule has 1 aliphatic rings. The van der Waals surface area contributed by atoms with Crippen LogP contribution in [0.3, 0.4) is 0 Å². The molecule has 6 nitrogen and oxygen atoms in total. The summed E-state index contributed by atoms with van der Waals surface area (Å²) in [5.74, 6) is 1.57. The van der Waals surface area contributed by atoms with Gasteiger partial charge in [-0.1, -0.05) is 29.3 Å². The fourth-order valence-corrected chi connectivity index (χ4v) is 3.37. The molecule has 2 aromatic rings. The minimum Gasteiger partial charge on any atom is -0.370 e. The summed E-state index contributed by atoms with van der Waals surface area (Å²) in [6.45, 7) is 5.18. The molecule has 3 rings (SSSR count). The van der Waals surface area contributed by atoms with Crippen LogP contribution in [0, 0.1) is 0 Å². The van der Waals surface area contributed by atoms with Crippen molar-refractivity contribution in [2.45, 2.75) is 13.3 Å². The first-order chi connectivity index (χ1) is 12.5. The van der Waals surface area contributed by atoms with Crippen molar-refractivity contribution < 1.29 is 4.79 Å². The number of nitrogens with one attached hydrogen (secondary N) is 1. The molecule has 0 aliphatic carbocycles. The number of amides is 1. The Balaban J connectivity index is 1.55.